The third-order valence-corrected chi connectivity index (χ3v) is 5.08. The maximum absolute atomic E-state index is 4.71. The van der Waals surface area contributed by atoms with Gasteiger partial charge in [0.2, 0.25) is 0 Å². The highest BCUT2D eigenvalue weighted by Gasteiger charge is 2.22. The first kappa shape index (κ1) is 16.5. The first-order chi connectivity index (χ1) is 12.5. The summed E-state index contributed by atoms with van der Waals surface area (Å²) in [6, 6.07) is 12.6. The van der Waals surface area contributed by atoms with Crippen LogP contribution >= 0.6 is 0 Å². The predicted molar refractivity (Wildman–Crippen MR) is 104 cm³/mol. The van der Waals surface area contributed by atoms with Crippen LogP contribution in [0.25, 0.3) is 27.8 Å². The summed E-state index contributed by atoms with van der Waals surface area (Å²) in [5, 5.41) is 5.90. The Labute approximate surface area is 153 Å². The molecule has 0 N–H and O–H groups in total. The van der Waals surface area contributed by atoms with Gasteiger partial charge >= 0.3 is 0 Å². The number of rotatable bonds is 2. The molecule has 0 radical (unpaired) electrons. The van der Waals surface area contributed by atoms with Gasteiger partial charge < -0.3 is 0 Å². The molecule has 4 rings (SSSR count). The Morgan fingerprint density at radius 2 is 1.73 bits per heavy atom. The van der Waals surface area contributed by atoms with Gasteiger partial charge in [-0.05, 0) is 38.0 Å². The summed E-state index contributed by atoms with van der Waals surface area (Å²) in [7, 11) is 2.02. The highest BCUT2D eigenvalue weighted by Crippen LogP contribution is 2.35. The second kappa shape index (κ2) is 6.06. The topological polar surface area (TPSA) is 34.6 Å². The van der Waals surface area contributed by atoms with Crippen molar-refractivity contribution in [3.8, 4) is 16.9 Å². The van der Waals surface area contributed by atoms with Gasteiger partial charge in [0, 0.05) is 36.6 Å². The molecule has 2 aromatic carbocycles. The Kier molecular flexibility index (Phi) is 3.83. The molecule has 4 aromatic rings. The molecule has 0 bridgehead atoms. The molecule has 0 unspecified atom stereocenters. The van der Waals surface area contributed by atoms with Gasteiger partial charge in [0.15, 0.2) is 0 Å². The fourth-order valence-electron chi connectivity index (χ4n) is 4.04. The molecule has 0 saturated heterocycles. The normalized spacial score (nSPS) is 11.3. The van der Waals surface area contributed by atoms with Crippen LogP contribution in [0.1, 0.15) is 22.5 Å². The molecule has 0 atom stereocenters. The summed E-state index contributed by atoms with van der Waals surface area (Å²) < 4.78 is 4.17. The molecule has 0 aliphatic heterocycles. The van der Waals surface area contributed by atoms with Gasteiger partial charge in [0.05, 0.1) is 11.2 Å². The number of hydrogen-bond acceptors (Lipinski definition) is 2. The van der Waals surface area contributed by atoms with E-state index >= 15 is 0 Å². The van der Waals surface area contributed by atoms with E-state index in [2.05, 4.69) is 60.8 Å². The minimum absolute atomic E-state index is 0.975. The smallest absolute Gasteiger partial charge is 0.267 e. The lowest BCUT2D eigenvalue weighted by Crippen LogP contribution is -2.36. The van der Waals surface area contributed by atoms with E-state index in [1.807, 2.05) is 37.0 Å². The van der Waals surface area contributed by atoms with Crippen LogP contribution in [0, 0.1) is 27.7 Å². The molecule has 0 amide bonds. The summed E-state index contributed by atoms with van der Waals surface area (Å²) in [4.78, 5) is 4.47. The Balaban J connectivity index is 2.09. The second-order valence-electron chi connectivity index (χ2n) is 6.89. The number of fused-ring (bicyclic) bond motifs is 1. The van der Waals surface area contributed by atoms with Crippen LogP contribution in [0.3, 0.4) is 0 Å². The minimum Gasteiger partial charge on any atom is -0.267 e. The monoisotopic (exact) mass is 343 g/mol. The Morgan fingerprint density at radius 1 is 0.962 bits per heavy atom. The van der Waals surface area contributed by atoms with Crippen LogP contribution in [0.5, 0.6) is 0 Å². The van der Waals surface area contributed by atoms with Crippen molar-refractivity contribution in [3.63, 3.8) is 0 Å². The maximum atomic E-state index is 4.71. The standard InChI is InChI=1S/C22H23N4/c1-14-13-15(2)21(26-12-8-11-23-17(26)4)16(3)20(14)22-18-9-6-7-10-19(18)24-25(22)5/h6-13H,1-5H3/q+1. The van der Waals surface area contributed by atoms with Crippen molar-refractivity contribution in [1.29, 1.82) is 0 Å². The molecular weight excluding hydrogens is 320 g/mol. The third kappa shape index (κ3) is 2.41. The van der Waals surface area contributed by atoms with E-state index in [0.717, 1.165) is 11.3 Å². The number of benzene rings is 2. The third-order valence-electron chi connectivity index (χ3n) is 5.08. The van der Waals surface area contributed by atoms with Crippen LogP contribution in [0.4, 0.5) is 0 Å². The predicted octanol–water partition coefficient (Wildman–Crippen LogP) is 4.15. The first-order valence-corrected chi connectivity index (χ1v) is 8.85. The van der Waals surface area contributed by atoms with Crippen LogP contribution in [0.2, 0.25) is 0 Å². The number of aryl methyl sites for hydroxylation is 4. The average molecular weight is 343 g/mol. The highest BCUT2D eigenvalue weighted by atomic mass is 15.3. The fourth-order valence-corrected chi connectivity index (χ4v) is 4.04. The van der Waals surface area contributed by atoms with Crippen molar-refractivity contribution in [3.05, 3.63) is 71.3 Å². The largest absolute Gasteiger partial charge is 0.300 e. The summed E-state index contributed by atoms with van der Waals surface area (Å²) >= 11 is 0. The summed E-state index contributed by atoms with van der Waals surface area (Å²) in [5.74, 6) is 0.975. The van der Waals surface area contributed by atoms with Crippen LogP contribution < -0.4 is 4.57 Å². The van der Waals surface area contributed by atoms with Gasteiger partial charge in [-0.2, -0.15) is 9.67 Å². The molecule has 2 aromatic heterocycles. The number of aromatic nitrogens is 4. The zero-order valence-corrected chi connectivity index (χ0v) is 15.9. The molecular formula is C22H23N4+. The molecule has 26 heavy (non-hydrogen) atoms. The zero-order chi connectivity index (χ0) is 18.4. The van der Waals surface area contributed by atoms with Crippen molar-refractivity contribution in [2.75, 3.05) is 0 Å². The van der Waals surface area contributed by atoms with Gasteiger partial charge in [0.25, 0.3) is 5.82 Å². The summed E-state index contributed by atoms with van der Waals surface area (Å²) in [6.45, 7) is 8.59. The molecule has 0 saturated carbocycles. The summed E-state index contributed by atoms with van der Waals surface area (Å²) in [6.07, 6.45) is 3.92. The van der Waals surface area contributed by atoms with Gasteiger partial charge in [-0.15, -0.1) is 0 Å². The molecule has 0 aliphatic carbocycles. The lowest BCUT2D eigenvalue weighted by molar-refractivity contribution is -0.607. The maximum Gasteiger partial charge on any atom is 0.300 e. The minimum atomic E-state index is 0.975. The molecule has 130 valence electrons. The van der Waals surface area contributed by atoms with Gasteiger partial charge in [0.1, 0.15) is 18.1 Å². The van der Waals surface area contributed by atoms with Crippen molar-refractivity contribution >= 4 is 10.9 Å². The van der Waals surface area contributed by atoms with E-state index in [0.29, 0.717) is 0 Å². The fraction of sp³-hybridized carbons (Fsp3) is 0.227. The summed E-state index contributed by atoms with van der Waals surface area (Å²) in [5.41, 5.74) is 8.39. The van der Waals surface area contributed by atoms with Gasteiger partial charge in [-0.25, -0.2) is 0 Å². The van der Waals surface area contributed by atoms with E-state index in [-0.39, 0.29) is 0 Å². The zero-order valence-electron chi connectivity index (χ0n) is 15.9. The molecule has 0 aliphatic rings. The quantitative estimate of drug-likeness (QED) is 0.513. The SMILES string of the molecule is Cc1cc(C)c(-[n+]2cccnc2C)c(C)c1-c1c2ccccc2nn1C. The lowest BCUT2D eigenvalue weighted by atomic mass is 9.93. The van der Waals surface area contributed by atoms with E-state index in [1.165, 1.54) is 39.0 Å². The van der Waals surface area contributed by atoms with E-state index in [1.54, 1.807) is 0 Å². The molecule has 0 spiro atoms. The van der Waals surface area contributed by atoms with Crippen LogP contribution in [0.15, 0.2) is 48.8 Å². The van der Waals surface area contributed by atoms with Gasteiger partial charge in [-0.3, -0.25) is 4.68 Å². The van der Waals surface area contributed by atoms with Crippen molar-refractivity contribution in [2.24, 2.45) is 7.05 Å². The number of nitrogens with zero attached hydrogens (tertiary/aromatic N) is 4. The number of hydrogen-bond donors (Lipinski definition) is 0. The highest BCUT2D eigenvalue weighted by molar-refractivity contribution is 5.95. The van der Waals surface area contributed by atoms with E-state index in [9.17, 15) is 0 Å². The van der Waals surface area contributed by atoms with Crippen LogP contribution in [-0.4, -0.2) is 14.8 Å². The first-order valence-electron chi connectivity index (χ1n) is 8.85. The van der Waals surface area contributed by atoms with Crippen molar-refractivity contribution < 1.29 is 4.57 Å². The van der Waals surface area contributed by atoms with Crippen molar-refractivity contribution in [2.45, 2.75) is 27.7 Å². The van der Waals surface area contributed by atoms with Crippen LogP contribution in [-0.2, 0) is 7.05 Å². The molecule has 4 nitrogen and oxygen atoms in total. The Bertz CT molecular complexity index is 1140. The second-order valence-corrected chi connectivity index (χ2v) is 6.89. The van der Waals surface area contributed by atoms with E-state index in [4.69, 9.17) is 5.10 Å². The van der Waals surface area contributed by atoms with Crippen molar-refractivity contribution in [1.82, 2.24) is 14.8 Å². The van der Waals surface area contributed by atoms with Gasteiger partial charge in [-0.1, -0.05) is 29.2 Å². The molecule has 2 heterocycles. The van der Waals surface area contributed by atoms with E-state index < -0.39 is 0 Å². The molecule has 0 fully saturated rings. The Hall–Kier alpha value is -3.01. The Morgan fingerprint density at radius 3 is 2.50 bits per heavy atom. The molecule has 4 heteroatoms. The average Bonchev–Trinajstić information content (AvgIpc) is 2.92. The lowest BCUT2D eigenvalue weighted by Gasteiger charge is -2.17.